The van der Waals surface area contributed by atoms with Gasteiger partial charge in [-0.1, -0.05) is 12.1 Å². The van der Waals surface area contributed by atoms with Crippen LogP contribution < -0.4 is 10.1 Å². The Labute approximate surface area is 128 Å². The van der Waals surface area contributed by atoms with Crippen molar-refractivity contribution >= 4 is 12.4 Å². The minimum Gasteiger partial charge on any atom is -0.497 e. The predicted molar refractivity (Wildman–Crippen MR) is 84.9 cm³/mol. The van der Waals surface area contributed by atoms with E-state index >= 15 is 0 Å². The van der Waals surface area contributed by atoms with Crippen LogP contribution in [0.1, 0.15) is 18.4 Å². The highest BCUT2D eigenvalue weighted by atomic mass is 35.5. The molecule has 1 spiro atoms. The van der Waals surface area contributed by atoms with E-state index in [0.29, 0.717) is 5.41 Å². The molecule has 2 heterocycles. The molecule has 0 bridgehead atoms. The van der Waals surface area contributed by atoms with Crippen LogP contribution in [0.4, 0.5) is 0 Å². The third-order valence-electron chi connectivity index (χ3n) is 4.73. The summed E-state index contributed by atoms with van der Waals surface area (Å²) in [5, 5.41) is 3.52. The first kappa shape index (κ1) is 15.6. The predicted octanol–water partition coefficient (Wildman–Crippen LogP) is 2.34. The smallest absolute Gasteiger partial charge is 0.118 e. The second-order valence-corrected chi connectivity index (χ2v) is 6.05. The number of nitrogens with one attached hydrogen (secondary N) is 1. The summed E-state index contributed by atoms with van der Waals surface area (Å²) in [6.07, 6.45) is 3.89. The molecule has 3 nitrogen and oxygen atoms in total. The fourth-order valence-electron chi connectivity index (χ4n) is 3.44. The normalized spacial score (nSPS) is 25.9. The van der Waals surface area contributed by atoms with Gasteiger partial charge in [0.25, 0.3) is 0 Å². The van der Waals surface area contributed by atoms with E-state index in [0.717, 1.165) is 12.2 Å². The van der Waals surface area contributed by atoms with Gasteiger partial charge in [-0.3, -0.25) is 0 Å². The molecule has 1 aromatic carbocycles. The van der Waals surface area contributed by atoms with Gasteiger partial charge in [-0.15, -0.1) is 12.4 Å². The van der Waals surface area contributed by atoms with Gasteiger partial charge in [0.1, 0.15) is 5.75 Å². The summed E-state index contributed by atoms with van der Waals surface area (Å²) in [6.45, 7) is 6.19. The van der Waals surface area contributed by atoms with Crippen molar-refractivity contribution in [2.75, 3.05) is 39.8 Å². The Balaban J connectivity index is 0.00000147. The van der Waals surface area contributed by atoms with E-state index in [1.165, 1.54) is 51.1 Å². The number of benzene rings is 1. The molecule has 1 aromatic rings. The number of rotatable bonds is 4. The van der Waals surface area contributed by atoms with Crippen LogP contribution in [0.3, 0.4) is 0 Å². The molecule has 0 amide bonds. The largest absolute Gasteiger partial charge is 0.497 e. The molecular formula is C16H25ClN2O. The van der Waals surface area contributed by atoms with E-state index in [9.17, 15) is 0 Å². The molecule has 2 fully saturated rings. The molecule has 3 rings (SSSR count). The Bertz CT molecular complexity index is 415. The number of halogens is 1. The van der Waals surface area contributed by atoms with Crippen molar-refractivity contribution in [1.82, 2.24) is 10.2 Å². The third kappa shape index (κ3) is 3.46. The summed E-state index contributed by atoms with van der Waals surface area (Å²) < 4.78 is 5.19. The van der Waals surface area contributed by atoms with Gasteiger partial charge in [0.2, 0.25) is 0 Å². The topological polar surface area (TPSA) is 24.5 Å². The second-order valence-electron chi connectivity index (χ2n) is 6.05. The van der Waals surface area contributed by atoms with Gasteiger partial charge >= 0.3 is 0 Å². The molecule has 0 radical (unpaired) electrons. The first-order chi connectivity index (χ1) is 9.30. The van der Waals surface area contributed by atoms with Crippen molar-refractivity contribution in [3.05, 3.63) is 29.8 Å². The summed E-state index contributed by atoms with van der Waals surface area (Å²) in [7, 11) is 1.72. The van der Waals surface area contributed by atoms with Crippen molar-refractivity contribution in [3.63, 3.8) is 0 Å². The standard InChI is InChI=1S/C16H24N2O.ClH/c1-19-15-4-2-14(3-5-15)6-10-18-11-8-16(13-18)7-9-17-12-16;/h2-5,17H,6-13H2,1H3;1H. The van der Waals surface area contributed by atoms with E-state index in [1.807, 2.05) is 0 Å². The number of nitrogens with zero attached hydrogens (tertiary/aromatic N) is 1. The highest BCUT2D eigenvalue weighted by Crippen LogP contribution is 2.35. The highest BCUT2D eigenvalue weighted by molar-refractivity contribution is 5.85. The minimum atomic E-state index is 0. The van der Waals surface area contributed by atoms with Crippen LogP contribution in [-0.2, 0) is 6.42 Å². The molecule has 112 valence electrons. The maximum atomic E-state index is 5.19. The zero-order valence-corrected chi connectivity index (χ0v) is 13.0. The lowest BCUT2D eigenvalue weighted by Gasteiger charge is -2.22. The number of likely N-dealkylation sites (tertiary alicyclic amines) is 1. The number of hydrogen-bond acceptors (Lipinski definition) is 3. The van der Waals surface area contributed by atoms with E-state index in [2.05, 4.69) is 34.5 Å². The van der Waals surface area contributed by atoms with Gasteiger partial charge in [0, 0.05) is 19.6 Å². The Morgan fingerprint density at radius 2 is 2.05 bits per heavy atom. The molecule has 0 aliphatic carbocycles. The first-order valence-corrected chi connectivity index (χ1v) is 7.36. The van der Waals surface area contributed by atoms with Crippen molar-refractivity contribution in [1.29, 1.82) is 0 Å². The van der Waals surface area contributed by atoms with Gasteiger partial charge in [-0.25, -0.2) is 0 Å². The van der Waals surface area contributed by atoms with Crippen LogP contribution in [0.5, 0.6) is 5.75 Å². The molecule has 1 unspecified atom stereocenters. The van der Waals surface area contributed by atoms with Gasteiger partial charge in [-0.2, -0.15) is 0 Å². The van der Waals surface area contributed by atoms with Crippen LogP contribution in [0.2, 0.25) is 0 Å². The second kappa shape index (κ2) is 6.79. The van der Waals surface area contributed by atoms with Gasteiger partial charge in [0.15, 0.2) is 0 Å². The van der Waals surface area contributed by atoms with Gasteiger partial charge in [-0.05, 0) is 55.5 Å². The molecule has 2 aliphatic rings. The van der Waals surface area contributed by atoms with Gasteiger partial charge in [0.05, 0.1) is 7.11 Å². The van der Waals surface area contributed by atoms with Crippen molar-refractivity contribution < 1.29 is 4.74 Å². The average Bonchev–Trinajstić information content (AvgIpc) is 3.08. The zero-order valence-electron chi connectivity index (χ0n) is 12.2. The first-order valence-electron chi connectivity index (χ1n) is 7.36. The van der Waals surface area contributed by atoms with Crippen molar-refractivity contribution in [3.8, 4) is 5.75 Å². The molecule has 0 aromatic heterocycles. The summed E-state index contributed by atoms with van der Waals surface area (Å²) in [5.41, 5.74) is 2.01. The maximum absolute atomic E-state index is 5.19. The van der Waals surface area contributed by atoms with Crippen LogP contribution in [-0.4, -0.2) is 44.7 Å². The van der Waals surface area contributed by atoms with Crippen LogP contribution in [0.15, 0.2) is 24.3 Å². The van der Waals surface area contributed by atoms with E-state index < -0.39 is 0 Å². The molecule has 2 saturated heterocycles. The summed E-state index contributed by atoms with van der Waals surface area (Å²) >= 11 is 0. The van der Waals surface area contributed by atoms with Crippen LogP contribution in [0.25, 0.3) is 0 Å². The lowest BCUT2D eigenvalue weighted by molar-refractivity contribution is 0.277. The van der Waals surface area contributed by atoms with E-state index in [1.54, 1.807) is 7.11 Å². The third-order valence-corrected chi connectivity index (χ3v) is 4.73. The van der Waals surface area contributed by atoms with Crippen LogP contribution in [0, 0.1) is 5.41 Å². The summed E-state index contributed by atoms with van der Waals surface area (Å²) in [6, 6.07) is 8.48. The minimum absolute atomic E-state index is 0. The summed E-state index contributed by atoms with van der Waals surface area (Å²) in [5.74, 6) is 0.945. The lowest BCUT2D eigenvalue weighted by atomic mass is 9.87. The molecule has 0 saturated carbocycles. The lowest BCUT2D eigenvalue weighted by Crippen LogP contribution is -2.30. The summed E-state index contributed by atoms with van der Waals surface area (Å²) in [4.78, 5) is 2.64. The number of ether oxygens (including phenoxy) is 1. The zero-order chi connectivity index (χ0) is 13.1. The highest BCUT2D eigenvalue weighted by Gasteiger charge is 2.39. The van der Waals surface area contributed by atoms with Crippen molar-refractivity contribution in [2.45, 2.75) is 19.3 Å². The Morgan fingerprint density at radius 3 is 2.70 bits per heavy atom. The molecular weight excluding hydrogens is 272 g/mol. The quantitative estimate of drug-likeness (QED) is 0.923. The van der Waals surface area contributed by atoms with Crippen molar-refractivity contribution in [2.24, 2.45) is 5.41 Å². The SMILES string of the molecule is COc1ccc(CCN2CCC3(CCNC3)C2)cc1.Cl. The number of hydrogen-bond donors (Lipinski definition) is 1. The molecule has 20 heavy (non-hydrogen) atoms. The Hall–Kier alpha value is -0.770. The Morgan fingerprint density at radius 1 is 1.25 bits per heavy atom. The molecule has 2 aliphatic heterocycles. The fraction of sp³-hybridized carbons (Fsp3) is 0.625. The maximum Gasteiger partial charge on any atom is 0.118 e. The van der Waals surface area contributed by atoms with E-state index in [-0.39, 0.29) is 12.4 Å². The van der Waals surface area contributed by atoms with Gasteiger partial charge < -0.3 is 15.0 Å². The Kier molecular flexibility index (Phi) is 5.30. The van der Waals surface area contributed by atoms with E-state index in [4.69, 9.17) is 4.74 Å². The molecule has 1 atom stereocenters. The molecule has 4 heteroatoms. The average molecular weight is 297 g/mol. The molecule has 1 N–H and O–H groups in total. The fourth-order valence-corrected chi connectivity index (χ4v) is 3.44. The van der Waals surface area contributed by atoms with Crippen LogP contribution >= 0.6 is 12.4 Å². The number of methoxy groups -OCH3 is 1. The monoisotopic (exact) mass is 296 g/mol.